The summed E-state index contributed by atoms with van der Waals surface area (Å²) in [5.74, 6) is 1.58. The van der Waals surface area contributed by atoms with Gasteiger partial charge in [0.05, 0.1) is 11.7 Å². The van der Waals surface area contributed by atoms with Gasteiger partial charge in [0.2, 0.25) is 0 Å². The van der Waals surface area contributed by atoms with Crippen molar-refractivity contribution in [2.45, 2.75) is 9.79 Å². The van der Waals surface area contributed by atoms with Gasteiger partial charge < -0.3 is 15.2 Å². The van der Waals surface area contributed by atoms with Gasteiger partial charge >= 0.3 is 0 Å². The number of nitrogens with zero attached hydrogens (tertiary/aromatic N) is 1. The average molecular weight is 299 g/mol. The number of fused-ring (bicyclic) bond motifs is 2. The highest BCUT2D eigenvalue weighted by atomic mass is 32.2. The summed E-state index contributed by atoms with van der Waals surface area (Å²) >= 11 is 1.60. The van der Waals surface area contributed by atoms with Gasteiger partial charge in [-0.1, -0.05) is 11.8 Å². The first kappa shape index (κ1) is 12.4. The summed E-state index contributed by atoms with van der Waals surface area (Å²) in [4.78, 5) is 2.05. The molecular weight excluding hydrogens is 286 g/mol. The molecule has 0 radical (unpaired) electrons. The fourth-order valence-corrected chi connectivity index (χ4v) is 3.20. The Bertz CT molecular complexity index is 816. The SMILES string of the molecule is Nc1cc2cn[nH]c2cc1Sc1ccc2c(c1)OCCO2. The summed E-state index contributed by atoms with van der Waals surface area (Å²) in [5.41, 5.74) is 7.83. The molecule has 21 heavy (non-hydrogen) atoms. The second-order valence-electron chi connectivity index (χ2n) is 4.75. The maximum atomic E-state index is 6.11. The van der Waals surface area contributed by atoms with Crippen LogP contribution in [0.15, 0.2) is 46.3 Å². The minimum atomic E-state index is 0.587. The Hall–Kier alpha value is -2.34. The normalized spacial score (nSPS) is 13.5. The molecule has 6 heteroatoms. The van der Waals surface area contributed by atoms with E-state index in [4.69, 9.17) is 15.2 Å². The maximum Gasteiger partial charge on any atom is 0.162 e. The summed E-state index contributed by atoms with van der Waals surface area (Å²) in [6.07, 6.45) is 1.77. The van der Waals surface area contributed by atoms with Crippen LogP contribution in [-0.4, -0.2) is 23.4 Å². The average Bonchev–Trinajstić information content (AvgIpc) is 2.94. The fourth-order valence-electron chi connectivity index (χ4n) is 2.29. The molecule has 4 rings (SSSR count). The van der Waals surface area contributed by atoms with E-state index in [0.717, 1.165) is 37.9 Å². The summed E-state index contributed by atoms with van der Waals surface area (Å²) in [5, 5.41) is 7.99. The number of ether oxygens (including phenoxy) is 2. The third-order valence-electron chi connectivity index (χ3n) is 3.31. The Morgan fingerprint density at radius 1 is 1.10 bits per heavy atom. The van der Waals surface area contributed by atoms with Crippen molar-refractivity contribution in [3.8, 4) is 11.5 Å². The molecule has 1 aliphatic rings. The monoisotopic (exact) mass is 299 g/mol. The predicted octanol–water partition coefficient (Wildman–Crippen LogP) is 3.07. The van der Waals surface area contributed by atoms with Crippen molar-refractivity contribution in [1.29, 1.82) is 0 Å². The lowest BCUT2D eigenvalue weighted by Crippen LogP contribution is -2.15. The lowest BCUT2D eigenvalue weighted by molar-refractivity contribution is 0.171. The Morgan fingerprint density at radius 3 is 2.86 bits per heavy atom. The number of benzene rings is 2. The first-order valence-corrected chi connectivity index (χ1v) is 7.41. The molecule has 0 atom stereocenters. The third-order valence-corrected chi connectivity index (χ3v) is 4.38. The van der Waals surface area contributed by atoms with Crippen LogP contribution in [0.4, 0.5) is 5.69 Å². The number of aromatic nitrogens is 2. The summed E-state index contributed by atoms with van der Waals surface area (Å²) in [6.45, 7) is 1.19. The zero-order valence-corrected chi connectivity index (χ0v) is 11.9. The molecule has 0 unspecified atom stereocenters. The topological polar surface area (TPSA) is 73.2 Å². The van der Waals surface area contributed by atoms with Gasteiger partial charge in [-0.15, -0.1) is 0 Å². The van der Waals surface area contributed by atoms with E-state index in [1.807, 2.05) is 30.3 Å². The number of hydrogen-bond donors (Lipinski definition) is 2. The van der Waals surface area contributed by atoms with E-state index >= 15 is 0 Å². The molecule has 0 saturated heterocycles. The van der Waals surface area contributed by atoms with E-state index in [1.165, 1.54) is 0 Å². The largest absolute Gasteiger partial charge is 0.486 e. The molecule has 1 aromatic heterocycles. The van der Waals surface area contributed by atoms with Crippen LogP contribution in [0.3, 0.4) is 0 Å². The molecule has 2 aromatic carbocycles. The molecule has 2 heterocycles. The van der Waals surface area contributed by atoms with Crippen molar-refractivity contribution in [2.24, 2.45) is 0 Å². The van der Waals surface area contributed by atoms with Crippen molar-refractivity contribution in [3.63, 3.8) is 0 Å². The summed E-state index contributed by atoms with van der Waals surface area (Å²) in [7, 11) is 0. The molecule has 5 nitrogen and oxygen atoms in total. The molecular formula is C15H13N3O2S. The summed E-state index contributed by atoms with van der Waals surface area (Å²) < 4.78 is 11.1. The van der Waals surface area contributed by atoms with E-state index in [2.05, 4.69) is 10.2 Å². The van der Waals surface area contributed by atoms with Crippen LogP contribution >= 0.6 is 11.8 Å². The van der Waals surface area contributed by atoms with Crippen molar-refractivity contribution < 1.29 is 9.47 Å². The Morgan fingerprint density at radius 2 is 1.95 bits per heavy atom. The van der Waals surface area contributed by atoms with Crippen molar-refractivity contribution in [2.75, 3.05) is 18.9 Å². The van der Waals surface area contributed by atoms with Crippen LogP contribution in [-0.2, 0) is 0 Å². The van der Waals surface area contributed by atoms with Gasteiger partial charge in [-0.05, 0) is 30.3 Å². The van der Waals surface area contributed by atoms with E-state index in [9.17, 15) is 0 Å². The standard InChI is InChI=1S/C15H13N3O2S/c16-11-5-9-8-17-18-12(9)7-15(11)21-10-1-2-13-14(6-10)20-4-3-19-13/h1-2,5-8H,3-4,16H2,(H,17,18). The van der Waals surface area contributed by atoms with Gasteiger partial charge in [-0.25, -0.2) is 0 Å². The van der Waals surface area contributed by atoms with Gasteiger partial charge in [-0.3, -0.25) is 5.10 Å². The first-order valence-electron chi connectivity index (χ1n) is 6.60. The molecule has 3 aromatic rings. The van der Waals surface area contributed by atoms with Gasteiger partial charge in [0.15, 0.2) is 11.5 Å². The molecule has 1 aliphatic heterocycles. The van der Waals surface area contributed by atoms with E-state index in [1.54, 1.807) is 18.0 Å². The van der Waals surface area contributed by atoms with Crippen LogP contribution in [0, 0.1) is 0 Å². The highest BCUT2D eigenvalue weighted by molar-refractivity contribution is 7.99. The number of rotatable bonds is 2. The Kier molecular flexibility index (Phi) is 2.89. The maximum absolute atomic E-state index is 6.11. The van der Waals surface area contributed by atoms with Crippen LogP contribution in [0.25, 0.3) is 10.9 Å². The molecule has 0 fully saturated rings. The molecule has 3 N–H and O–H groups in total. The lowest BCUT2D eigenvalue weighted by Gasteiger charge is -2.18. The highest BCUT2D eigenvalue weighted by Crippen LogP contribution is 2.39. The molecule has 0 aliphatic carbocycles. The molecule has 0 amide bonds. The minimum absolute atomic E-state index is 0.587. The minimum Gasteiger partial charge on any atom is -0.486 e. The second kappa shape index (κ2) is 4.89. The molecule has 0 spiro atoms. The zero-order chi connectivity index (χ0) is 14.2. The summed E-state index contributed by atoms with van der Waals surface area (Å²) in [6, 6.07) is 9.87. The van der Waals surface area contributed by atoms with Crippen LogP contribution < -0.4 is 15.2 Å². The zero-order valence-electron chi connectivity index (χ0n) is 11.1. The van der Waals surface area contributed by atoms with E-state index in [0.29, 0.717) is 13.2 Å². The number of H-pyrrole nitrogens is 1. The first-order chi connectivity index (χ1) is 10.3. The number of nitrogens with two attached hydrogens (primary N) is 1. The van der Waals surface area contributed by atoms with Crippen LogP contribution in [0.2, 0.25) is 0 Å². The van der Waals surface area contributed by atoms with Crippen LogP contribution in [0.1, 0.15) is 0 Å². The second-order valence-corrected chi connectivity index (χ2v) is 5.87. The Balaban J connectivity index is 1.69. The predicted molar refractivity (Wildman–Crippen MR) is 82.1 cm³/mol. The van der Waals surface area contributed by atoms with Crippen molar-refractivity contribution in [1.82, 2.24) is 10.2 Å². The Labute approximate surface area is 125 Å². The number of hydrogen-bond acceptors (Lipinski definition) is 5. The van der Waals surface area contributed by atoms with Gasteiger partial charge in [0.1, 0.15) is 13.2 Å². The molecule has 0 bridgehead atoms. The fraction of sp³-hybridized carbons (Fsp3) is 0.133. The van der Waals surface area contributed by atoms with Gasteiger partial charge in [-0.2, -0.15) is 5.10 Å². The number of nitrogen functional groups attached to an aromatic ring is 1. The highest BCUT2D eigenvalue weighted by Gasteiger charge is 2.13. The number of nitrogens with one attached hydrogen (secondary N) is 1. The quantitative estimate of drug-likeness (QED) is 0.711. The lowest BCUT2D eigenvalue weighted by atomic mass is 10.2. The van der Waals surface area contributed by atoms with Gasteiger partial charge in [0, 0.05) is 20.9 Å². The smallest absolute Gasteiger partial charge is 0.162 e. The van der Waals surface area contributed by atoms with Gasteiger partial charge in [0.25, 0.3) is 0 Å². The van der Waals surface area contributed by atoms with E-state index in [-0.39, 0.29) is 0 Å². The van der Waals surface area contributed by atoms with Crippen molar-refractivity contribution >= 4 is 28.4 Å². The van der Waals surface area contributed by atoms with E-state index < -0.39 is 0 Å². The molecule has 0 saturated carbocycles. The van der Waals surface area contributed by atoms with Crippen molar-refractivity contribution in [3.05, 3.63) is 36.5 Å². The third kappa shape index (κ3) is 2.27. The number of aromatic amines is 1. The van der Waals surface area contributed by atoms with Crippen LogP contribution in [0.5, 0.6) is 11.5 Å². The molecule has 106 valence electrons. The number of anilines is 1.